The second kappa shape index (κ2) is 10.9. The Morgan fingerprint density at radius 3 is 2.38 bits per heavy atom. The predicted octanol–water partition coefficient (Wildman–Crippen LogP) is 1.68. The number of piperidine rings is 1. The number of aromatic nitrogens is 2. The molecule has 2 atom stereocenters. The van der Waals surface area contributed by atoms with Crippen molar-refractivity contribution in [1.82, 2.24) is 18.4 Å². The van der Waals surface area contributed by atoms with Gasteiger partial charge in [0.05, 0.1) is 23.6 Å². The summed E-state index contributed by atoms with van der Waals surface area (Å²) in [6.45, 7) is 7.36. The number of benzene rings is 1. The van der Waals surface area contributed by atoms with E-state index < -0.39 is 40.0 Å². The first-order chi connectivity index (χ1) is 17.3. The molecule has 1 aromatic carbocycles. The van der Waals surface area contributed by atoms with E-state index in [-0.39, 0.29) is 12.5 Å². The average Bonchev–Trinajstić information content (AvgIpc) is 3.17. The first kappa shape index (κ1) is 28.8. The summed E-state index contributed by atoms with van der Waals surface area (Å²) in [5.41, 5.74) is 7.43. The first-order valence-corrected chi connectivity index (χ1v) is 13.7. The van der Waals surface area contributed by atoms with Gasteiger partial charge < -0.3 is 16.2 Å². The van der Waals surface area contributed by atoms with Gasteiger partial charge in [-0.1, -0.05) is 31.2 Å². The molecule has 2 heterocycles. The zero-order valence-electron chi connectivity index (χ0n) is 22.4. The normalized spacial score (nSPS) is 18.9. The number of nitrogens with zero attached hydrogens (tertiary/aromatic N) is 4. The molecule has 1 saturated heterocycles. The van der Waals surface area contributed by atoms with E-state index in [9.17, 15) is 23.1 Å². The Morgan fingerprint density at radius 1 is 1.24 bits per heavy atom. The molecule has 11 nitrogen and oxygen atoms in total. The van der Waals surface area contributed by atoms with Crippen LogP contribution in [0.2, 0.25) is 0 Å². The van der Waals surface area contributed by atoms with Gasteiger partial charge in [0.2, 0.25) is 5.91 Å². The van der Waals surface area contributed by atoms with E-state index in [0.717, 1.165) is 19.7 Å². The van der Waals surface area contributed by atoms with Crippen LogP contribution in [0.4, 0.5) is 5.82 Å². The summed E-state index contributed by atoms with van der Waals surface area (Å²) in [7, 11) is -1.20. The van der Waals surface area contributed by atoms with Crippen molar-refractivity contribution in [3.05, 3.63) is 46.6 Å². The lowest BCUT2D eigenvalue weighted by Crippen LogP contribution is -2.50. The fourth-order valence-electron chi connectivity index (χ4n) is 4.30. The number of nitrogens with one attached hydrogen (secondary N) is 1. The molecule has 2 aromatic rings. The van der Waals surface area contributed by atoms with Crippen LogP contribution in [0.25, 0.3) is 0 Å². The van der Waals surface area contributed by atoms with E-state index in [1.165, 1.54) is 18.8 Å². The number of hydrogen-bond donors (Lipinski definition) is 3. The second-order valence-corrected chi connectivity index (χ2v) is 12.5. The number of aliphatic hydroxyl groups is 1. The minimum atomic E-state index is -3.97. The van der Waals surface area contributed by atoms with Gasteiger partial charge in [-0.2, -0.15) is 22.5 Å². The zero-order chi connectivity index (χ0) is 27.7. The topological polar surface area (TPSA) is 151 Å². The number of amides is 1. The van der Waals surface area contributed by atoms with Crippen LogP contribution in [0.3, 0.4) is 0 Å². The largest absolute Gasteiger partial charge is 0.395 e. The van der Waals surface area contributed by atoms with Crippen molar-refractivity contribution in [3.8, 4) is 0 Å². The molecule has 0 saturated carbocycles. The highest BCUT2D eigenvalue weighted by Crippen LogP contribution is 2.38. The number of rotatable bonds is 9. The molecular formula is C25H38N6O5S. The van der Waals surface area contributed by atoms with Crippen LogP contribution in [0.1, 0.15) is 60.3 Å². The highest BCUT2D eigenvalue weighted by molar-refractivity contribution is 7.87. The maximum Gasteiger partial charge on any atom is 0.305 e. The Bertz CT molecular complexity index is 1250. The average molecular weight is 535 g/mol. The fraction of sp³-hybridized carbons (Fsp3) is 0.560. The monoisotopic (exact) mass is 534 g/mol. The van der Waals surface area contributed by atoms with Gasteiger partial charge in [0.15, 0.2) is 0 Å². The van der Waals surface area contributed by atoms with Crippen molar-refractivity contribution in [3.63, 3.8) is 0 Å². The number of nitrogens with two attached hydrogens (primary N) is 1. The Hall–Kier alpha value is -2.80. The fourth-order valence-corrected chi connectivity index (χ4v) is 5.38. The standard InChI is InChI=1S/C25H38N6O5S/c1-16-11-12-30(37(35,36)29(5)6)23(33)20(16)21-17(2)22(31(28-21)24(34)25(3,4)15-32)27-14-19-9-7-18(13-26)8-10-19/h7-10,16,20,27,32H,11-15,26H2,1-6H3. The lowest BCUT2D eigenvalue weighted by atomic mass is 9.83. The van der Waals surface area contributed by atoms with Gasteiger partial charge >= 0.3 is 10.2 Å². The molecule has 4 N–H and O–H groups in total. The summed E-state index contributed by atoms with van der Waals surface area (Å²) < 4.78 is 28.8. The van der Waals surface area contributed by atoms with Crippen LogP contribution >= 0.6 is 0 Å². The Morgan fingerprint density at radius 2 is 1.84 bits per heavy atom. The molecule has 0 spiro atoms. The van der Waals surface area contributed by atoms with E-state index in [1.54, 1.807) is 20.8 Å². The van der Waals surface area contributed by atoms with E-state index in [4.69, 9.17) is 5.73 Å². The van der Waals surface area contributed by atoms with E-state index >= 15 is 0 Å². The summed E-state index contributed by atoms with van der Waals surface area (Å²) >= 11 is 0. The van der Waals surface area contributed by atoms with Crippen molar-refractivity contribution in [2.24, 2.45) is 17.1 Å². The summed E-state index contributed by atoms with van der Waals surface area (Å²) in [5.74, 6) is -1.66. The number of aliphatic hydroxyl groups excluding tert-OH is 1. The molecule has 2 unspecified atom stereocenters. The van der Waals surface area contributed by atoms with Crippen molar-refractivity contribution in [1.29, 1.82) is 0 Å². The highest BCUT2D eigenvalue weighted by Gasteiger charge is 2.44. The minimum Gasteiger partial charge on any atom is -0.395 e. The molecule has 0 aliphatic carbocycles. The Labute approximate surface area is 218 Å². The molecule has 1 fully saturated rings. The molecule has 0 bridgehead atoms. The Kier molecular flexibility index (Phi) is 8.47. The van der Waals surface area contributed by atoms with Crippen molar-refractivity contribution < 1.29 is 23.1 Å². The van der Waals surface area contributed by atoms with Gasteiger partial charge in [-0.3, -0.25) is 9.59 Å². The third-order valence-corrected chi connectivity index (χ3v) is 8.79. The highest BCUT2D eigenvalue weighted by atomic mass is 32.2. The smallest absolute Gasteiger partial charge is 0.305 e. The third-order valence-electron chi connectivity index (χ3n) is 6.95. The maximum atomic E-state index is 13.5. The van der Waals surface area contributed by atoms with Gasteiger partial charge in [-0.25, -0.2) is 4.31 Å². The number of anilines is 1. The number of carbonyl (C=O) groups excluding carboxylic acids is 2. The summed E-state index contributed by atoms with van der Waals surface area (Å²) in [4.78, 5) is 27.0. The molecule has 204 valence electrons. The summed E-state index contributed by atoms with van der Waals surface area (Å²) in [5, 5.41) is 17.7. The molecule has 1 amide bonds. The van der Waals surface area contributed by atoms with Gasteiger partial charge in [-0.15, -0.1) is 0 Å². The van der Waals surface area contributed by atoms with E-state index in [2.05, 4.69) is 10.4 Å². The number of carbonyl (C=O) groups is 2. The van der Waals surface area contributed by atoms with E-state index in [1.807, 2.05) is 31.2 Å². The summed E-state index contributed by atoms with van der Waals surface area (Å²) in [6, 6.07) is 7.72. The molecule has 37 heavy (non-hydrogen) atoms. The maximum absolute atomic E-state index is 13.5. The van der Waals surface area contributed by atoms with Crippen LogP contribution in [-0.4, -0.2) is 71.0 Å². The molecule has 12 heteroatoms. The lowest BCUT2D eigenvalue weighted by Gasteiger charge is -2.36. The van der Waals surface area contributed by atoms with E-state index in [0.29, 0.717) is 36.6 Å². The van der Waals surface area contributed by atoms with Crippen molar-refractivity contribution >= 4 is 27.8 Å². The summed E-state index contributed by atoms with van der Waals surface area (Å²) in [6.07, 6.45) is 0.460. The zero-order valence-corrected chi connectivity index (χ0v) is 23.2. The second-order valence-electron chi connectivity index (χ2n) is 10.4. The predicted molar refractivity (Wildman–Crippen MR) is 141 cm³/mol. The molecule has 1 aliphatic rings. The van der Waals surface area contributed by atoms with Crippen molar-refractivity contribution in [2.75, 3.05) is 32.6 Å². The van der Waals surface area contributed by atoms with Crippen LogP contribution in [0.15, 0.2) is 24.3 Å². The molecule has 0 radical (unpaired) electrons. The lowest BCUT2D eigenvalue weighted by molar-refractivity contribution is -0.131. The van der Waals surface area contributed by atoms with Gasteiger partial charge in [0.25, 0.3) is 5.91 Å². The SMILES string of the molecule is Cc1c(C2C(=O)N(S(=O)(=O)N(C)C)CCC2C)nn(C(=O)C(C)(C)CO)c1NCc1ccc(CN)cc1. The third kappa shape index (κ3) is 5.57. The van der Waals surface area contributed by atoms with Crippen LogP contribution < -0.4 is 11.1 Å². The van der Waals surface area contributed by atoms with Gasteiger partial charge in [0, 0.05) is 39.3 Å². The molecular weight excluding hydrogens is 496 g/mol. The molecule has 3 rings (SSSR count). The van der Waals surface area contributed by atoms with Crippen LogP contribution in [0, 0.1) is 18.3 Å². The molecule has 1 aromatic heterocycles. The van der Waals surface area contributed by atoms with Gasteiger partial charge in [0.1, 0.15) is 5.82 Å². The van der Waals surface area contributed by atoms with Crippen LogP contribution in [-0.2, 0) is 28.1 Å². The number of hydrogen-bond acceptors (Lipinski definition) is 8. The molecule has 1 aliphatic heterocycles. The van der Waals surface area contributed by atoms with Gasteiger partial charge in [-0.05, 0) is 44.2 Å². The first-order valence-electron chi connectivity index (χ1n) is 12.3. The minimum absolute atomic E-state index is 0.0805. The Balaban J connectivity index is 2.06. The van der Waals surface area contributed by atoms with Crippen LogP contribution in [0.5, 0.6) is 0 Å². The quantitative estimate of drug-likeness (QED) is 0.440. The van der Waals surface area contributed by atoms with Crippen molar-refractivity contribution in [2.45, 2.75) is 53.1 Å².